The van der Waals surface area contributed by atoms with Crippen LogP contribution in [0.5, 0.6) is 0 Å². The number of nitrogens with one attached hydrogen (secondary N) is 2. The Morgan fingerprint density at radius 2 is 1.84 bits per heavy atom. The molecule has 0 spiro atoms. The lowest BCUT2D eigenvalue weighted by Gasteiger charge is -2.41. The van der Waals surface area contributed by atoms with Gasteiger partial charge in [0.05, 0.1) is 11.4 Å². The van der Waals surface area contributed by atoms with E-state index in [0.29, 0.717) is 30.0 Å². The lowest BCUT2D eigenvalue weighted by Crippen LogP contribution is -2.63. The van der Waals surface area contributed by atoms with Crippen LogP contribution in [0.25, 0.3) is 0 Å². The molecule has 2 saturated heterocycles. The van der Waals surface area contributed by atoms with Gasteiger partial charge in [-0.15, -0.1) is 11.3 Å². The van der Waals surface area contributed by atoms with E-state index in [-0.39, 0.29) is 30.8 Å². The van der Waals surface area contributed by atoms with Crippen molar-refractivity contribution in [2.75, 3.05) is 26.2 Å². The molecule has 8 nitrogen and oxygen atoms in total. The molecule has 1 aromatic carbocycles. The highest BCUT2D eigenvalue weighted by Crippen LogP contribution is 2.20. The smallest absolute Gasteiger partial charge is 0.264 e. The summed E-state index contributed by atoms with van der Waals surface area (Å²) in [5.41, 5.74) is 0.534. The van der Waals surface area contributed by atoms with Gasteiger partial charge < -0.3 is 20.4 Å². The Morgan fingerprint density at radius 3 is 2.55 bits per heavy atom. The van der Waals surface area contributed by atoms with Gasteiger partial charge in [-0.2, -0.15) is 0 Å². The molecule has 0 radical (unpaired) electrons. The standard InChI is InChI=1S/C22H24N4O4S/c27-19-16(8-4-10-23-19)24-20(28)17-14-25(21(29)15-6-2-1-3-7-15)11-12-26(17)22(30)18-9-5-13-31-18/h1-3,5-7,9,13,16-17H,4,8,10-12,14H2,(H,23,27)(H,24,28). The van der Waals surface area contributed by atoms with Crippen molar-refractivity contribution in [2.45, 2.75) is 24.9 Å². The highest BCUT2D eigenvalue weighted by molar-refractivity contribution is 7.12. The van der Waals surface area contributed by atoms with Crippen molar-refractivity contribution < 1.29 is 19.2 Å². The summed E-state index contributed by atoms with van der Waals surface area (Å²) in [5, 5.41) is 7.35. The number of piperidine rings is 1. The minimum atomic E-state index is -0.870. The molecule has 162 valence electrons. The predicted molar refractivity (Wildman–Crippen MR) is 116 cm³/mol. The topological polar surface area (TPSA) is 98.8 Å². The molecule has 2 unspecified atom stereocenters. The highest BCUT2D eigenvalue weighted by Gasteiger charge is 2.39. The van der Waals surface area contributed by atoms with Crippen molar-refractivity contribution in [1.82, 2.24) is 20.4 Å². The van der Waals surface area contributed by atoms with E-state index >= 15 is 0 Å². The third-order valence-corrected chi connectivity index (χ3v) is 6.44. The van der Waals surface area contributed by atoms with E-state index in [1.54, 1.807) is 41.3 Å². The van der Waals surface area contributed by atoms with E-state index in [4.69, 9.17) is 0 Å². The number of hydrogen-bond acceptors (Lipinski definition) is 5. The summed E-state index contributed by atoms with van der Waals surface area (Å²) >= 11 is 1.31. The molecule has 0 saturated carbocycles. The van der Waals surface area contributed by atoms with Gasteiger partial charge in [0.1, 0.15) is 12.1 Å². The summed E-state index contributed by atoms with van der Waals surface area (Å²) in [7, 11) is 0. The van der Waals surface area contributed by atoms with Crippen LogP contribution in [0.15, 0.2) is 47.8 Å². The number of benzene rings is 1. The van der Waals surface area contributed by atoms with Crippen LogP contribution >= 0.6 is 11.3 Å². The average molecular weight is 441 g/mol. The fourth-order valence-corrected chi connectivity index (χ4v) is 4.60. The van der Waals surface area contributed by atoms with Crippen LogP contribution in [-0.2, 0) is 9.59 Å². The van der Waals surface area contributed by atoms with E-state index in [1.807, 2.05) is 11.4 Å². The first kappa shape index (κ1) is 21.0. The van der Waals surface area contributed by atoms with Gasteiger partial charge >= 0.3 is 0 Å². The SMILES string of the molecule is O=C1NCCCC1NC(=O)C1CN(C(=O)c2ccccc2)CCN1C(=O)c1cccs1. The van der Waals surface area contributed by atoms with E-state index in [1.165, 1.54) is 16.2 Å². The number of amides is 4. The van der Waals surface area contributed by atoms with Crippen LogP contribution in [0.1, 0.15) is 32.9 Å². The van der Waals surface area contributed by atoms with Gasteiger partial charge in [0.15, 0.2) is 0 Å². The van der Waals surface area contributed by atoms with Gasteiger partial charge in [0.2, 0.25) is 11.8 Å². The maximum absolute atomic E-state index is 13.2. The van der Waals surface area contributed by atoms with Crippen molar-refractivity contribution in [1.29, 1.82) is 0 Å². The van der Waals surface area contributed by atoms with Crippen molar-refractivity contribution >= 4 is 35.0 Å². The lowest BCUT2D eigenvalue weighted by atomic mass is 10.0. The zero-order valence-corrected chi connectivity index (χ0v) is 17.8. The fourth-order valence-electron chi connectivity index (χ4n) is 3.92. The second-order valence-electron chi connectivity index (χ2n) is 7.60. The molecule has 2 N–H and O–H groups in total. The number of nitrogens with zero attached hydrogens (tertiary/aromatic N) is 2. The molecule has 2 aliphatic heterocycles. The van der Waals surface area contributed by atoms with Crippen LogP contribution in [-0.4, -0.2) is 71.7 Å². The normalized spacial score (nSPS) is 21.4. The first-order valence-electron chi connectivity index (χ1n) is 10.3. The average Bonchev–Trinajstić information content (AvgIpc) is 3.35. The van der Waals surface area contributed by atoms with Crippen LogP contribution in [0, 0.1) is 0 Å². The maximum atomic E-state index is 13.2. The summed E-state index contributed by atoms with van der Waals surface area (Å²) in [4.78, 5) is 54.9. The van der Waals surface area contributed by atoms with Crippen LogP contribution < -0.4 is 10.6 Å². The number of piperazine rings is 1. The summed E-state index contributed by atoms with van der Waals surface area (Å²) in [5.74, 6) is -1.06. The first-order chi connectivity index (χ1) is 15.0. The van der Waals surface area contributed by atoms with E-state index in [0.717, 1.165) is 6.42 Å². The lowest BCUT2D eigenvalue weighted by molar-refractivity contribution is -0.133. The number of carbonyl (C=O) groups is 4. The molecule has 4 amide bonds. The molecule has 2 aliphatic rings. The molecule has 2 aromatic rings. The first-order valence-corrected chi connectivity index (χ1v) is 11.2. The summed E-state index contributed by atoms with van der Waals surface area (Å²) in [6.45, 7) is 1.24. The third-order valence-electron chi connectivity index (χ3n) is 5.59. The minimum Gasteiger partial charge on any atom is -0.354 e. The fraction of sp³-hybridized carbons (Fsp3) is 0.364. The summed E-state index contributed by atoms with van der Waals surface area (Å²) in [6, 6.07) is 10.9. The number of thiophene rings is 1. The molecule has 1 aromatic heterocycles. The molecule has 31 heavy (non-hydrogen) atoms. The molecule has 0 bridgehead atoms. The van der Waals surface area contributed by atoms with Gasteiger partial charge in [-0.1, -0.05) is 24.3 Å². The van der Waals surface area contributed by atoms with Crippen LogP contribution in [0.4, 0.5) is 0 Å². The Labute approximate surface area is 184 Å². The number of hydrogen-bond donors (Lipinski definition) is 2. The zero-order valence-electron chi connectivity index (χ0n) is 17.0. The zero-order chi connectivity index (χ0) is 21.8. The van der Waals surface area contributed by atoms with E-state index in [2.05, 4.69) is 10.6 Å². The summed E-state index contributed by atoms with van der Waals surface area (Å²) in [6.07, 6.45) is 1.33. The van der Waals surface area contributed by atoms with Gasteiger partial charge in [-0.3, -0.25) is 19.2 Å². The van der Waals surface area contributed by atoms with Gasteiger partial charge in [0, 0.05) is 25.2 Å². The Morgan fingerprint density at radius 1 is 1.03 bits per heavy atom. The Kier molecular flexibility index (Phi) is 6.31. The predicted octanol–water partition coefficient (Wildman–Crippen LogP) is 1.11. The van der Waals surface area contributed by atoms with Gasteiger partial charge in [0.25, 0.3) is 11.8 Å². The number of carbonyl (C=O) groups excluding carboxylic acids is 4. The quantitative estimate of drug-likeness (QED) is 0.744. The minimum absolute atomic E-state index is 0.0744. The molecule has 0 aliphatic carbocycles. The highest BCUT2D eigenvalue weighted by atomic mass is 32.1. The molecular formula is C22H24N4O4S. The molecule has 9 heteroatoms. The van der Waals surface area contributed by atoms with Crippen LogP contribution in [0.3, 0.4) is 0 Å². The second-order valence-corrected chi connectivity index (χ2v) is 8.55. The van der Waals surface area contributed by atoms with E-state index in [9.17, 15) is 19.2 Å². The van der Waals surface area contributed by atoms with Crippen molar-refractivity contribution in [3.63, 3.8) is 0 Å². The van der Waals surface area contributed by atoms with Crippen molar-refractivity contribution in [2.24, 2.45) is 0 Å². The molecule has 2 fully saturated rings. The van der Waals surface area contributed by atoms with Crippen LogP contribution in [0.2, 0.25) is 0 Å². The third kappa shape index (κ3) is 4.61. The molecule has 3 heterocycles. The van der Waals surface area contributed by atoms with Crippen molar-refractivity contribution in [3.8, 4) is 0 Å². The maximum Gasteiger partial charge on any atom is 0.264 e. The van der Waals surface area contributed by atoms with E-state index < -0.39 is 18.0 Å². The molecule has 2 atom stereocenters. The number of rotatable bonds is 4. The Hall–Kier alpha value is -3.20. The second kappa shape index (κ2) is 9.30. The summed E-state index contributed by atoms with van der Waals surface area (Å²) < 4.78 is 0. The van der Waals surface area contributed by atoms with Gasteiger partial charge in [-0.25, -0.2) is 0 Å². The van der Waals surface area contributed by atoms with Gasteiger partial charge in [-0.05, 0) is 36.4 Å². The van der Waals surface area contributed by atoms with Crippen molar-refractivity contribution in [3.05, 3.63) is 58.3 Å². The Balaban J connectivity index is 1.54. The largest absolute Gasteiger partial charge is 0.354 e. The monoisotopic (exact) mass is 440 g/mol. The molecule has 4 rings (SSSR count). The molecular weight excluding hydrogens is 416 g/mol. The Bertz CT molecular complexity index is 963.